The Hall–Kier alpha value is -3.87. The Balaban J connectivity index is 1.45. The second-order valence-corrected chi connectivity index (χ2v) is 8.00. The molecule has 7 heteroatoms. The van der Waals surface area contributed by atoms with E-state index in [0.717, 1.165) is 31.6 Å². The Morgan fingerprint density at radius 1 is 1.03 bits per heavy atom. The van der Waals surface area contributed by atoms with Gasteiger partial charge in [0.2, 0.25) is 0 Å². The molecule has 1 aliphatic rings. The summed E-state index contributed by atoms with van der Waals surface area (Å²) in [6, 6.07) is 18.7. The van der Waals surface area contributed by atoms with Crippen LogP contribution in [0.1, 0.15) is 29.0 Å². The van der Waals surface area contributed by atoms with Crippen LogP contribution >= 0.6 is 0 Å². The number of furan rings is 1. The van der Waals surface area contributed by atoms with Crippen LogP contribution in [0, 0.1) is 5.82 Å². The van der Waals surface area contributed by atoms with Crippen LogP contribution in [-0.2, 0) is 4.79 Å². The van der Waals surface area contributed by atoms with E-state index in [1.165, 1.54) is 18.4 Å². The van der Waals surface area contributed by atoms with Crippen LogP contribution in [0.3, 0.4) is 0 Å². The van der Waals surface area contributed by atoms with Crippen molar-refractivity contribution in [2.75, 3.05) is 25.0 Å². The van der Waals surface area contributed by atoms with Crippen LogP contribution in [0.15, 0.2) is 83.1 Å². The van der Waals surface area contributed by atoms with Crippen LogP contribution < -0.4 is 10.2 Å². The lowest BCUT2D eigenvalue weighted by atomic mass is 10.0. The molecule has 2 amide bonds. The van der Waals surface area contributed by atoms with Gasteiger partial charge in [-0.1, -0.05) is 18.2 Å². The smallest absolute Gasteiger partial charge is 0.270 e. The summed E-state index contributed by atoms with van der Waals surface area (Å²) in [5.74, 6) is -0.421. The molecule has 0 saturated carbocycles. The number of carbonyl (C=O) groups excluding carboxylic acids is 2. The summed E-state index contributed by atoms with van der Waals surface area (Å²) in [5.41, 5.74) is 1.59. The normalized spacial score (nSPS) is 14.7. The summed E-state index contributed by atoms with van der Waals surface area (Å²) in [6.45, 7) is 1.50. The molecule has 0 bridgehead atoms. The van der Waals surface area contributed by atoms with Gasteiger partial charge < -0.3 is 19.5 Å². The molecule has 3 aromatic rings. The monoisotopic (exact) mass is 447 g/mol. The number of anilines is 1. The van der Waals surface area contributed by atoms with Crippen LogP contribution in [0.4, 0.5) is 10.1 Å². The van der Waals surface area contributed by atoms with Crippen LogP contribution in [0.5, 0.6) is 0 Å². The third-order valence-electron chi connectivity index (χ3n) is 5.87. The van der Waals surface area contributed by atoms with E-state index in [1.54, 1.807) is 66.6 Å². The SMILES string of the molecule is CN(C(=O)C(=Cc1ccco1)NC(=O)c1ccccc1)C1CCN(c2ccc(F)cc2)CC1. The number of nitrogens with one attached hydrogen (secondary N) is 1. The molecule has 170 valence electrons. The molecule has 2 aromatic carbocycles. The maximum Gasteiger partial charge on any atom is 0.270 e. The average molecular weight is 448 g/mol. The zero-order valence-corrected chi connectivity index (χ0v) is 18.4. The fourth-order valence-electron chi connectivity index (χ4n) is 3.97. The number of likely N-dealkylation sites (N-methyl/N-ethyl adjacent to an activating group) is 1. The van der Waals surface area contributed by atoms with Crippen molar-refractivity contribution in [1.29, 1.82) is 0 Å². The molecule has 1 aliphatic heterocycles. The standard InChI is InChI=1S/C26H26FN3O3/c1-29(21-13-15-30(16-14-21)22-11-9-20(27)10-12-22)26(32)24(18-23-8-5-17-33-23)28-25(31)19-6-3-2-4-7-19/h2-12,17-18,21H,13-16H2,1H3,(H,28,31). The minimum atomic E-state index is -0.360. The van der Waals surface area contributed by atoms with Crippen LogP contribution in [-0.4, -0.2) is 42.9 Å². The third kappa shape index (κ3) is 5.49. The summed E-state index contributed by atoms with van der Waals surface area (Å²) in [6.07, 6.45) is 4.59. The van der Waals surface area contributed by atoms with Crippen molar-refractivity contribution in [1.82, 2.24) is 10.2 Å². The van der Waals surface area contributed by atoms with Crippen LogP contribution in [0.2, 0.25) is 0 Å². The largest absolute Gasteiger partial charge is 0.465 e. The maximum atomic E-state index is 13.4. The summed E-state index contributed by atoms with van der Waals surface area (Å²) in [5, 5.41) is 2.76. The number of piperidine rings is 1. The Morgan fingerprint density at radius 2 is 1.73 bits per heavy atom. The molecule has 33 heavy (non-hydrogen) atoms. The van der Waals surface area contributed by atoms with E-state index in [1.807, 2.05) is 6.07 Å². The molecule has 0 aliphatic carbocycles. The van der Waals surface area contributed by atoms with Gasteiger partial charge in [-0.3, -0.25) is 9.59 Å². The van der Waals surface area contributed by atoms with E-state index in [-0.39, 0.29) is 29.4 Å². The molecule has 0 atom stereocenters. The molecule has 4 rings (SSSR count). The highest BCUT2D eigenvalue weighted by Crippen LogP contribution is 2.23. The van der Waals surface area contributed by atoms with Gasteiger partial charge in [-0.2, -0.15) is 0 Å². The molecule has 0 radical (unpaired) electrons. The third-order valence-corrected chi connectivity index (χ3v) is 5.87. The lowest BCUT2D eigenvalue weighted by Gasteiger charge is -2.38. The first-order chi connectivity index (χ1) is 16.0. The number of benzene rings is 2. The number of halogens is 1. The van der Waals surface area contributed by atoms with Crippen LogP contribution in [0.25, 0.3) is 6.08 Å². The molecule has 1 N–H and O–H groups in total. The zero-order chi connectivity index (χ0) is 23.2. The average Bonchev–Trinajstić information content (AvgIpc) is 3.37. The summed E-state index contributed by atoms with van der Waals surface area (Å²) in [4.78, 5) is 30.0. The van der Waals surface area contributed by atoms with Gasteiger partial charge in [-0.15, -0.1) is 0 Å². The highest BCUT2D eigenvalue weighted by Gasteiger charge is 2.28. The lowest BCUT2D eigenvalue weighted by Crippen LogP contribution is -2.47. The summed E-state index contributed by atoms with van der Waals surface area (Å²) in [7, 11) is 1.76. The van der Waals surface area contributed by atoms with Crippen molar-refractivity contribution in [3.63, 3.8) is 0 Å². The molecular weight excluding hydrogens is 421 g/mol. The van der Waals surface area contributed by atoms with Crippen molar-refractivity contribution in [3.8, 4) is 0 Å². The van der Waals surface area contributed by atoms with E-state index in [9.17, 15) is 14.0 Å². The van der Waals surface area contributed by atoms with Gasteiger partial charge in [0.15, 0.2) is 0 Å². The molecule has 6 nitrogen and oxygen atoms in total. The van der Waals surface area contributed by atoms with Crippen molar-refractivity contribution < 1.29 is 18.4 Å². The number of carbonyl (C=O) groups is 2. The molecule has 1 saturated heterocycles. The molecule has 0 unspecified atom stereocenters. The fraction of sp³-hybridized carbons (Fsp3) is 0.231. The number of hydrogen-bond acceptors (Lipinski definition) is 4. The fourth-order valence-corrected chi connectivity index (χ4v) is 3.97. The number of hydrogen-bond donors (Lipinski definition) is 1. The topological polar surface area (TPSA) is 65.8 Å². The van der Waals surface area contributed by atoms with Crippen molar-refractivity contribution in [3.05, 3.63) is 95.8 Å². The maximum absolute atomic E-state index is 13.4. The van der Waals surface area contributed by atoms with E-state index in [0.29, 0.717) is 11.3 Å². The number of nitrogens with zero attached hydrogens (tertiary/aromatic N) is 2. The first-order valence-electron chi connectivity index (χ1n) is 10.9. The second-order valence-electron chi connectivity index (χ2n) is 8.00. The van der Waals surface area contributed by atoms with E-state index in [4.69, 9.17) is 4.42 Å². The minimum absolute atomic E-state index is 0.0165. The number of rotatable bonds is 6. The predicted molar refractivity (Wildman–Crippen MR) is 125 cm³/mol. The van der Waals surface area contributed by atoms with Crippen molar-refractivity contribution >= 4 is 23.6 Å². The van der Waals surface area contributed by atoms with Gasteiger partial charge in [0.1, 0.15) is 17.3 Å². The van der Waals surface area contributed by atoms with Gasteiger partial charge in [-0.25, -0.2) is 4.39 Å². The Labute approximate surface area is 192 Å². The van der Waals surface area contributed by atoms with E-state index >= 15 is 0 Å². The molecular formula is C26H26FN3O3. The first kappa shape index (κ1) is 22.3. The van der Waals surface area contributed by atoms with Gasteiger partial charge in [0.05, 0.1) is 6.26 Å². The highest BCUT2D eigenvalue weighted by atomic mass is 19.1. The van der Waals surface area contributed by atoms with E-state index < -0.39 is 0 Å². The van der Waals surface area contributed by atoms with Crippen molar-refractivity contribution in [2.24, 2.45) is 0 Å². The second kappa shape index (κ2) is 10.2. The number of amides is 2. The van der Waals surface area contributed by atoms with E-state index in [2.05, 4.69) is 10.2 Å². The summed E-state index contributed by atoms with van der Waals surface area (Å²) >= 11 is 0. The van der Waals surface area contributed by atoms with Gasteiger partial charge in [0, 0.05) is 43.5 Å². The quantitative estimate of drug-likeness (QED) is 0.572. The molecule has 1 fully saturated rings. The zero-order valence-electron chi connectivity index (χ0n) is 18.4. The van der Waals surface area contributed by atoms with Crippen molar-refractivity contribution in [2.45, 2.75) is 18.9 Å². The Bertz CT molecular complexity index is 1100. The van der Waals surface area contributed by atoms with Gasteiger partial charge >= 0.3 is 0 Å². The minimum Gasteiger partial charge on any atom is -0.465 e. The van der Waals surface area contributed by atoms with Gasteiger partial charge in [-0.05, 0) is 61.4 Å². The van der Waals surface area contributed by atoms with Gasteiger partial charge in [0.25, 0.3) is 11.8 Å². The Kier molecular flexibility index (Phi) is 6.88. The first-order valence-corrected chi connectivity index (χ1v) is 10.9. The molecule has 2 heterocycles. The molecule has 1 aromatic heterocycles. The highest BCUT2D eigenvalue weighted by molar-refractivity contribution is 6.05. The Morgan fingerprint density at radius 3 is 2.36 bits per heavy atom. The lowest BCUT2D eigenvalue weighted by molar-refractivity contribution is -0.128. The predicted octanol–water partition coefficient (Wildman–Crippen LogP) is 4.32. The summed E-state index contributed by atoms with van der Waals surface area (Å²) < 4.78 is 18.6. The molecule has 0 spiro atoms.